The molecule has 0 aliphatic carbocycles. The lowest BCUT2D eigenvalue weighted by Crippen LogP contribution is -2.63. The molecule has 0 bridgehead atoms. The predicted molar refractivity (Wildman–Crippen MR) is 114 cm³/mol. The summed E-state index contributed by atoms with van der Waals surface area (Å²) in [6.07, 6.45) is 2.65. The van der Waals surface area contributed by atoms with Gasteiger partial charge >= 0.3 is 0 Å². The second-order valence-corrected chi connectivity index (χ2v) is 8.07. The minimum absolute atomic E-state index is 0.199. The van der Waals surface area contributed by atoms with Crippen LogP contribution in [0.25, 0.3) is 0 Å². The van der Waals surface area contributed by atoms with Crippen LogP contribution >= 0.6 is 0 Å². The molecule has 1 N–H and O–H groups in total. The Labute approximate surface area is 188 Å². The predicted octanol–water partition coefficient (Wildman–Crippen LogP) is 2.44. The van der Waals surface area contributed by atoms with Gasteiger partial charge in [-0.2, -0.15) is 5.26 Å². The number of halogens is 2. The van der Waals surface area contributed by atoms with Crippen LogP contribution in [0.4, 0.5) is 8.78 Å². The molecular formula is C23H22F2N4O4. The van der Waals surface area contributed by atoms with Gasteiger partial charge in [0.2, 0.25) is 5.43 Å². The first-order valence-corrected chi connectivity index (χ1v) is 10.8. The van der Waals surface area contributed by atoms with Crippen molar-refractivity contribution in [1.29, 1.82) is 5.26 Å². The first-order chi connectivity index (χ1) is 15.8. The Balaban J connectivity index is 1.70. The Morgan fingerprint density at radius 3 is 2.73 bits per heavy atom. The number of ketones is 1. The Hall–Kier alpha value is -3.74. The van der Waals surface area contributed by atoms with Gasteiger partial charge < -0.3 is 10.0 Å². The number of rotatable bonds is 5. The summed E-state index contributed by atoms with van der Waals surface area (Å²) in [5.41, 5.74) is -2.33. The smallest absolute Gasteiger partial charge is 0.278 e. The maximum absolute atomic E-state index is 14.3. The summed E-state index contributed by atoms with van der Waals surface area (Å²) in [7, 11) is 0. The molecule has 3 heterocycles. The highest BCUT2D eigenvalue weighted by Crippen LogP contribution is 2.29. The number of amides is 1. The van der Waals surface area contributed by atoms with Crippen molar-refractivity contribution in [2.75, 3.05) is 18.1 Å². The van der Waals surface area contributed by atoms with Crippen molar-refractivity contribution in [3.63, 3.8) is 0 Å². The summed E-state index contributed by atoms with van der Waals surface area (Å²) in [6.45, 7) is 2.77. The Kier molecular flexibility index (Phi) is 5.89. The molecule has 2 aliphatic rings. The van der Waals surface area contributed by atoms with E-state index in [0.717, 1.165) is 25.0 Å². The van der Waals surface area contributed by atoms with Gasteiger partial charge in [0.25, 0.3) is 5.91 Å². The van der Waals surface area contributed by atoms with Crippen LogP contribution in [0.2, 0.25) is 0 Å². The van der Waals surface area contributed by atoms with E-state index in [1.165, 1.54) is 10.9 Å². The first-order valence-electron chi connectivity index (χ1n) is 10.8. The fourth-order valence-corrected chi connectivity index (χ4v) is 4.57. The number of benzene rings is 1. The van der Waals surface area contributed by atoms with E-state index in [0.29, 0.717) is 19.5 Å². The van der Waals surface area contributed by atoms with Gasteiger partial charge in [-0.25, -0.2) is 8.78 Å². The zero-order chi connectivity index (χ0) is 23.9. The quantitative estimate of drug-likeness (QED) is 0.693. The van der Waals surface area contributed by atoms with E-state index in [-0.39, 0.29) is 29.4 Å². The van der Waals surface area contributed by atoms with Crippen LogP contribution in [0, 0.1) is 23.0 Å². The number of fused-ring (bicyclic) bond motifs is 3. The molecule has 1 aromatic heterocycles. The second kappa shape index (κ2) is 8.65. The highest BCUT2D eigenvalue weighted by atomic mass is 19.1. The zero-order valence-corrected chi connectivity index (χ0v) is 18.0. The molecule has 4 rings (SSSR count). The molecule has 2 aliphatic heterocycles. The largest absolute Gasteiger partial charge is 0.502 e. The summed E-state index contributed by atoms with van der Waals surface area (Å²) < 4.78 is 29.8. The number of carbonyl (C=O) groups excluding carboxylic acids is 2. The number of hydrogen-bond acceptors (Lipinski definition) is 6. The number of nitrogens with zero attached hydrogens (tertiary/aromatic N) is 4. The molecule has 0 unspecified atom stereocenters. The van der Waals surface area contributed by atoms with Crippen LogP contribution in [-0.2, 0) is 6.42 Å². The van der Waals surface area contributed by atoms with Crippen molar-refractivity contribution in [2.24, 2.45) is 0 Å². The van der Waals surface area contributed by atoms with Gasteiger partial charge in [-0.3, -0.25) is 24.1 Å². The normalized spacial score (nSPS) is 17.4. The summed E-state index contributed by atoms with van der Waals surface area (Å²) in [6, 6.07) is 3.57. The molecule has 1 atom stereocenters. The average molecular weight is 456 g/mol. The lowest BCUT2D eigenvalue weighted by molar-refractivity contribution is 0.0534. The van der Waals surface area contributed by atoms with Crippen molar-refractivity contribution in [1.82, 2.24) is 9.58 Å². The monoisotopic (exact) mass is 456 g/mol. The molecule has 33 heavy (non-hydrogen) atoms. The number of Topliss-reactive ketones (excluding diaryl/α,β-unsaturated/α-hetero) is 1. The summed E-state index contributed by atoms with van der Waals surface area (Å²) in [5.74, 6) is -3.99. The van der Waals surface area contributed by atoms with Gasteiger partial charge in [0.15, 0.2) is 17.2 Å². The van der Waals surface area contributed by atoms with Crippen molar-refractivity contribution in [3.8, 4) is 11.8 Å². The molecule has 0 radical (unpaired) electrons. The molecule has 1 saturated heterocycles. The standard InChI is InChI=1S/C23H22F2N4O4/c1-2-27-18-5-3-4-10-28(18)29-12-15(21(31)22(32)20(29)23(27)33)17(30)9-7-14-16(24)8-6-13(11-26)19(14)25/h6,8,12,18,32H,2-5,7,9-10H2,1H3/t18-/m0/s1. The van der Waals surface area contributed by atoms with E-state index in [1.54, 1.807) is 11.0 Å². The number of piperidine rings is 1. The van der Waals surface area contributed by atoms with E-state index < -0.39 is 46.5 Å². The number of nitriles is 1. The molecule has 1 aromatic carbocycles. The topological polar surface area (TPSA) is 107 Å². The highest BCUT2D eigenvalue weighted by molar-refractivity contribution is 6.00. The number of carbonyl (C=O) groups is 2. The summed E-state index contributed by atoms with van der Waals surface area (Å²) >= 11 is 0. The van der Waals surface area contributed by atoms with Crippen molar-refractivity contribution in [2.45, 2.75) is 45.2 Å². The van der Waals surface area contributed by atoms with Crippen LogP contribution in [0.15, 0.2) is 23.1 Å². The van der Waals surface area contributed by atoms with E-state index in [4.69, 9.17) is 5.26 Å². The van der Waals surface area contributed by atoms with Crippen molar-refractivity contribution >= 4 is 11.7 Å². The minimum atomic E-state index is -1.04. The molecule has 2 aromatic rings. The van der Waals surface area contributed by atoms with Crippen molar-refractivity contribution in [3.05, 3.63) is 62.6 Å². The van der Waals surface area contributed by atoms with Gasteiger partial charge in [0, 0.05) is 31.3 Å². The molecule has 8 nitrogen and oxygen atoms in total. The maximum atomic E-state index is 14.3. The van der Waals surface area contributed by atoms with Crippen LogP contribution in [0.1, 0.15) is 64.6 Å². The fourth-order valence-electron chi connectivity index (χ4n) is 4.57. The average Bonchev–Trinajstić information content (AvgIpc) is 2.81. The third kappa shape index (κ3) is 3.63. The van der Waals surface area contributed by atoms with Crippen LogP contribution < -0.4 is 10.4 Å². The van der Waals surface area contributed by atoms with Crippen LogP contribution in [0.5, 0.6) is 5.75 Å². The Morgan fingerprint density at radius 1 is 1.27 bits per heavy atom. The number of aromatic nitrogens is 1. The molecule has 1 fully saturated rings. The lowest BCUT2D eigenvalue weighted by Gasteiger charge is -2.48. The van der Waals surface area contributed by atoms with Gasteiger partial charge in [0.1, 0.15) is 23.9 Å². The van der Waals surface area contributed by atoms with Gasteiger partial charge in [0.05, 0.1) is 11.1 Å². The Bertz CT molecular complexity index is 1250. The molecule has 10 heteroatoms. The van der Waals surface area contributed by atoms with E-state index in [9.17, 15) is 28.3 Å². The number of hydrogen-bond donors (Lipinski definition) is 1. The summed E-state index contributed by atoms with van der Waals surface area (Å²) in [4.78, 5) is 40.2. The van der Waals surface area contributed by atoms with Crippen LogP contribution in [-0.4, -0.2) is 45.6 Å². The molecule has 1 amide bonds. The fraction of sp³-hybridized carbons (Fsp3) is 0.391. The summed E-state index contributed by atoms with van der Waals surface area (Å²) in [5, 5.41) is 21.4. The lowest BCUT2D eigenvalue weighted by atomic mass is 10.00. The van der Waals surface area contributed by atoms with E-state index in [1.807, 2.05) is 11.9 Å². The van der Waals surface area contributed by atoms with E-state index in [2.05, 4.69) is 0 Å². The van der Waals surface area contributed by atoms with Gasteiger partial charge in [-0.05, 0) is 44.7 Å². The molecule has 0 saturated carbocycles. The second-order valence-electron chi connectivity index (χ2n) is 8.07. The highest BCUT2D eigenvalue weighted by Gasteiger charge is 2.40. The van der Waals surface area contributed by atoms with Crippen LogP contribution in [0.3, 0.4) is 0 Å². The zero-order valence-electron chi connectivity index (χ0n) is 18.0. The molecule has 172 valence electrons. The minimum Gasteiger partial charge on any atom is -0.502 e. The molecular weight excluding hydrogens is 434 g/mol. The van der Waals surface area contributed by atoms with Gasteiger partial charge in [-0.1, -0.05) is 0 Å². The first kappa shape index (κ1) is 22.5. The third-order valence-corrected chi connectivity index (χ3v) is 6.26. The van der Waals surface area contributed by atoms with Gasteiger partial charge in [-0.15, -0.1) is 0 Å². The third-order valence-electron chi connectivity index (χ3n) is 6.26. The van der Waals surface area contributed by atoms with Crippen molar-refractivity contribution < 1.29 is 23.5 Å². The SMILES string of the molecule is CCN1C(=O)c2c(O)c(=O)c(C(=O)CCc3c(F)ccc(C#N)c3F)cn2N2CCCC[C@@H]12. The number of pyridine rings is 1. The number of aromatic hydroxyl groups is 1. The van der Waals surface area contributed by atoms with E-state index >= 15 is 0 Å². The molecule has 0 spiro atoms. The Morgan fingerprint density at radius 2 is 2.03 bits per heavy atom. The maximum Gasteiger partial charge on any atom is 0.278 e.